The highest BCUT2D eigenvalue weighted by Crippen LogP contribution is 2.36. The zero-order valence-corrected chi connectivity index (χ0v) is 10.3. The van der Waals surface area contributed by atoms with Gasteiger partial charge >= 0.3 is 0 Å². The van der Waals surface area contributed by atoms with Crippen LogP contribution >= 0.6 is 0 Å². The lowest BCUT2D eigenvalue weighted by Gasteiger charge is -2.37. The molecule has 0 aliphatic heterocycles. The average molecular weight is 214 g/mol. The molecule has 1 aliphatic carbocycles. The molecule has 0 heterocycles. The topological polar surface area (TPSA) is 40.5 Å². The fourth-order valence-electron chi connectivity index (χ4n) is 2.75. The summed E-state index contributed by atoms with van der Waals surface area (Å²) in [6, 6.07) is 0. The monoisotopic (exact) mass is 214 g/mol. The van der Waals surface area contributed by atoms with E-state index in [0.29, 0.717) is 11.8 Å². The highest BCUT2D eigenvalue weighted by Gasteiger charge is 2.34. The van der Waals surface area contributed by atoms with Crippen LogP contribution in [0.2, 0.25) is 0 Å². The molecule has 4 unspecified atom stereocenters. The van der Waals surface area contributed by atoms with Gasteiger partial charge in [-0.2, -0.15) is 0 Å². The van der Waals surface area contributed by atoms with Gasteiger partial charge in [0.1, 0.15) is 0 Å². The van der Waals surface area contributed by atoms with Crippen molar-refractivity contribution in [3.05, 3.63) is 0 Å². The van der Waals surface area contributed by atoms with Gasteiger partial charge in [0, 0.05) is 5.92 Å². The summed E-state index contributed by atoms with van der Waals surface area (Å²) in [4.78, 5) is 0. The van der Waals surface area contributed by atoms with E-state index in [1.54, 1.807) is 0 Å². The van der Waals surface area contributed by atoms with Gasteiger partial charge in [0.2, 0.25) is 0 Å². The Morgan fingerprint density at radius 3 is 2.47 bits per heavy atom. The minimum absolute atomic E-state index is 0.117. The highest BCUT2D eigenvalue weighted by atomic mass is 16.3. The predicted octanol–water partition coefficient (Wildman–Crippen LogP) is 2.58. The van der Waals surface area contributed by atoms with E-state index in [1.165, 1.54) is 0 Å². The fourth-order valence-corrected chi connectivity index (χ4v) is 2.75. The summed E-state index contributed by atoms with van der Waals surface area (Å²) in [7, 11) is 0. The van der Waals surface area contributed by atoms with E-state index in [-0.39, 0.29) is 18.1 Å². The van der Waals surface area contributed by atoms with Crippen molar-refractivity contribution in [2.75, 3.05) is 0 Å². The van der Waals surface area contributed by atoms with Gasteiger partial charge in [-0.1, -0.05) is 27.2 Å². The van der Waals surface area contributed by atoms with Crippen LogP contribution in [0.1, 0.15) is 52.9 Å². The molecule has 0 saturated heterocycles. The molecule has 0 aromatic rings. The summed E-state index contributed by atoms with van der Waals surface area (Å²) in [6.45, 7) is 6.57. The van der Waals surface area contributed by atoms with Crippen LogP contribution in [0.15, 0.2) is 0 Å². The molecular weight excluding hydrogens is 188 g/mol. The van der Waals surface area contributed by atoms with Crippen molar-refractivity contribution in [1.29, 1.82) is 0 Å². The molecule has 0 aromatic carbocycles. The van der Waals surface area contributed by atoms with Crippen LogP contribution in [0.25, 0.3) is 0 Å². The number of aliphatic hydroxyl groups excluding tert-OH is 2. The third-order valence-electron chi connectivity index (χ3n) is 3.92. The molecule has 0 amide bonds. The van der Waals surface area contributed by atoms with Gasteiger partial charge in [0.25, 0.3) is 0 Å². The Kier molecular flexibility index (Phi) is 5.07. The van der Waals surface area contributed by atoms with Crippen molar-refractivity contribution >= 4 is 0 Å². The molecule has 1 fully saturated rings. The van der Waals surface area contributed by atoms with Crippen molar-refractivity contribution in [2.45, 2.75) is 65.1 Å². The maximum absolute atomic E-state index is 9.98. The lowest BCUT2D eigenvalue weighted by Crippen LogP contribution is -2.38. The Bertz CT molecular complexity index is 179. The van der Waals surface area contributed by atoms with Crippen LogP contribution in [-0.2, 0) is 0 Å². The van der Waals surface area contributed by atoms with Gasteiger partial charge in [-0.25, -0.2) is 0 Å². The molecule has 0 radical (unpaired) electrons. The molecule has 1 saturated carbocycles. The van der Waals surface area contributed by atoms with E-state index in [0.717, 1.165) is 32.1 Å². The molecule has 90 valence electrons. The molecule has 1 aliphatic rings. The molecule has 4 atom stereocenters. The summed E-state index contributed by atoms with van der Waals surface area (Å²) >= 11 is 0. The first-order chi connectivity index (χ1) is 7.06. The van der Waals surface area contributed by atoms with Crippen LogP contribution in [0.4, 0.5) is 0 Å². The number of hydrogen-bond donors (Lipinski definition) is 2. The fraction of sp³-hybridized carbons (Fsp3) is 1.00. The summed E-state index contributed by atoms with van der Waals surface area (Å²) < 4.78 is 0. The second-order valence-corrected chi connectivity index (χ2v) is 5.40. The van der Waals surface area contributed by atoms with Crippen molar-refractivity contribution in [2.24, 2.45) is 17.8 Å². The first-order valence-electron chi connectivity index (χ1n) is 6.42. The van der Waals surface area contributed by atoms with Crippen LogP contribution in [0, 0.1) is 17.8 Å². The lowest BCUT2D eigenvalue weighted by molar-refractivity contribution is -0.0359. The Labute approximate surface area is 93.7 Å². The minimum atomic E-state index is -0.299. The van der Waals surface area contributed by atoms with E-state index in [9.17, 15) is 10.2 Å². The van der Waals surface area contributed by atoms with Gasteiger partial charge in [-0.05, 0) is 37.5 Å². The Morgan fingerprint density at radius 2 is 1.93 bits per heavy atom. The zero-order chi connectivity index (χ0) is 11.4. The van der Waals surface area contributed by atoms with E-state index in [2.05, 4.69) is 20.8 Å². The number of rotatable bonds is 4. The number of aliphatic hydroxyl groups is 2. The van der Waals surface area contributed by atoms with E-state index >= 15 is 0 Å². The van der Waals surface area contributed by atoms with Crippen molar-refractivity contribution in [1.82, 2.24) is 0 Å². The van der Waals surface area contributed by atoms with E-state index < -0.39 is 0 Å². The SMILES string of the molecule is CCCC(O)C1CC(C(C)C)CCC1O. The third kappa shape index (κ3) is 3.46. The first-order valence-corrected chi connectivity index (χ1v) is 6.42. The molecular formula is C13H26O2. The van der Waals surface area contributed by atoms with Gasteiger partial charge in [0.05, 0.1) is 12.2 Å². The Balaban J connectivity index is 2.52. The summed E-state index contributed by atoms with van der Waals surface area (Å²) in [5.74, 6) is 1.48. The standard InChI is InChI=1S/C13H26O2/c1-4-5-12(14)11-8-10(9(2)3)6-7-13(11)15/h9-15H,4-8H2,1-3H3. The second-order valence-electron chi connectivity index (χ2n) is 5.40. The van der Waals surface area contributed by atoms with Gasteiger partial charge in [-0.3, -0.25) is 0 Å². The smallest absolute Gasteiger partial charge is 0.0593 e. The summed E-state index contributed by atoms with van der Waals surface area (Å²) in [5, 5.41) is 19.9. The predicted molar refractivity (Wildman–Crippen MR) is 62.6 cm³/mol. The van der Waals surface area contributed by atoms with Crippen LogP contribution in [0.5, 0.6) is 0 Å². The van der Waals surface area contributed by atoms with Gasteiger partial charge in [0.15, 0.2) is 0 Å². The Morgan fingerprint density at radius 1 is 1.27 bits per heavy atom. The molecule has 1 rings (SSSR count). The van der Waals surface area contributed by atoms with E-state index in [4.69, 9.17) is 0 Å². The molecule has 2 N–H and O–H groups in total. The first kappa shape index (κ1) is 13.0. The molecule has 0 spiro atoms. The maximum Gasteiger partial charge on any atom is 0.0593 e. The average Bonchev–Trinajstić information content (AvgIpc) is 2.18. The largest absolute Gasteiger partial charge is 0.393 e. The van der Waals surface area contributed by atoms with Gasteiger partial charge < -0.3 is 10.2 Å². The maximum atomic E-state index is 9.98. The zero-order valence-electron chi connectivity index (χ0n) is 10.3. The van der Waals surface area contributed by atoms with Crippen molar-refractivity contribution in [3.8, 4) is 0 Å². The minimum Gasteiger partial charge on any atom is -0.393 e. The lowest BCUT2D eigenvalue weighted by atomic mass is 9.72. The van der Waals surface area contributed by atoms with Crippen molar-refractivity contribution < 1.29 is 10.2 Å². The normalized spacial score (nSPS) is 34.4. The summed E-state index contributed by atoms with van der Waals surface area (Å²) in [5.41, 5.74) is 0. The molecule has 0 bridgehead atoms. The van der Waals surface area contributed by atoms with E-state index in [1.807, 2.05) is 0 Å². The molecule has 15 heavy (non-hydrogen) atoms. The third-order valence-corrected chi connectivity index (χ3v) is 3.92. The highest BCUT2D eigenvalue weighted by molar-refractivity contribution is 4.85. The van der Waals surface area contributed by atoms with Crippen LogP contribution in [-0.4, -0.2) is 22.4 Å². The van der Waals surface area contributed by atoms with Crippen molar-refractivity contribution in [3.63, 3.8) is 0 Å². The van der Waals surface area contributed by atoms with Crippen LogP contribution < -0.4 is 0 Å². The molecule has 0 aromatic heterocycles. The molecule has 2 nitrogen and oxygen atoms in total. The quantitative estimate of drug-likeness (QED) is 0.755. The Hall–Kier alpha value is -0.0800. The summed E-state index contributed by atoms with van der Waals surface area (Å²) in [6.07, 6.45) is 4.24. The number of hydrogen-bond acceptors (Lipinski definition) is 2. The van der Waals surface area contributed by atoms with Crippen LogP contribution in [0.3, 0.4) is 0 Å². The second kappa shape index (κ2) is 5.86. The molecule has 2 heteroatoms. The van der Waals surface area contributed by atoms with Gasteiger partial charge in [-0.15, -0.1) is 0 Å².